The van der Waals surface area contributed by atoms with Gasteiger partial charge in [-0.25, -0.2) is 0 Å². The number of quaternary nitrogens is 2. The van der Waals surface area contributed by atoms with Crippen LogP contribution in [0.25, 0.3) is 11.4 Å². The molecule has 158 valence electrons. The Balaban J connectivity index is 1.33. The summed E-state index contributed by atoms with van der Waals surface area (Å²) < 4.78 is 48.9. The van der Waals surface area contributed by atoms with Crippen molar-refractivity contribution < 1.29 is 32.2 Å². The average molecular weight is 412 g/mol. The maximum Gasteiger partial charge on any atom is 0.416 e. The van der Waals surface area contributed by atoms with Gasteiger partial charge in [-0.15, -0.1) is 0 Å². The number of likely N-dealkylation sites (tertiary alicyclic amines) is 1. The fourth-order valence-electron chi connectivity index (χ4n) is 4.33. The molecule has 0 saturated carbocycles. The number of piperidine rings is 1. The highest BCUT2D eigenvalue weighted by molar-refractivity contribution is 5.54. The first-order chi connectivity index (χ1) is 14.0. The molecule has 0 amide bonds. The van der Waals surface area contributed by atoms with Crippen LogP contribution in [0, 0.1) is 5.92 Å². The van der Waals surface area contributed by atoms with Crippen LogP contribution >= 0.6 is 0 Å². The van der Waals surface area contributed by atoms with Gasteiger partial charge in [0.15, 0.2) is 6.54 Å². The fourth-order valence-corrected chi connectivity index (χ4v) is 4.33. The normalized spacial score (nSPS) is 24.0. The maximum atomic E-state index is 12.7. The summed E-state index contributed by atoms with van der Waals surface area (Å²) in [7, 11) is 0. The Morgan fingerprint density at radius 2 is 1.79 bits per heavy atom. The third-order valence-electron chi connectivity index (χ3n) is 5.84. The first-order valence-corrected chi connectivity index (χ1v) is 10.2. The smallest absolute Gasteiger partial charge is 0.370 e. The number of nitrogens with zero attached hydrogens (tertiary/aromatic N) is 2. The van der Waals surface area contributed by atoms with E-state index in [0.29, 0.717) is 29.7 Å². The molecule has 0 spiro atoms. The number of ether oxygens (including phenoxy) is 1. The lowest BCUT2D eigenvalue weighted by Crippen LogP contribution is -3.17. The molecule has 9 heteroatoms. The first kappa shape index (κ1) is 20.3. The molecular formula is C20H27F3N4O2+2. The minimum atomic E-state index is -4.35. The molecule has 6 nitrogen and oxygen atoms in total. The van der Waals surface area contributed by atoms with Crippen LogP contribution in [-0.4, -0.2) is 56.1 Å². The number of hydrogen-bond donors (Lipinski definition) is 2. The van der Waals surface area contributed by atoms with Gasteiger partial charge in [0.2, 0.25) is 5.82 Å². The van der Waals surface area contributed by atoms with Gasteiger partial charge in [-0.2, -0.15) is 18.2 Å². The van der Waals surface area contributed by atoms with E-state index in [2.05, 4.69) is 10.1 Å². The Labute approximate surface area is 167 Å². The van der Waals surface area contributed by atoms with Gasteiger partial charge in [-0.1, -0.05) is 17.3 Å². The summed E-state index contributed by atoms with van der Waals surface area (Å²) in [6, 6.07) is 4.85. The van der Waals surface area contributed by atoms with Gasteiger partial charge in [0, 0.05) is 5.56 Å². The maximum absolute atomic E-state index is 12.7. The van der Waals surface area contributed by atoms with Gasteiger partial charge < -0.3 is 19.1 Å². The van der Waals surface area contributed by atoms with Gasteiger partial charge in [0.25, 0.3) is 5.89 Å². The second kappa shape index (κ2) is 8.81. The van der Waals surface area contributed by atoms with Gasteiger partial charge in [0.05, 0.1) is 44.3 Å². The third kappa shape index (κ3) is 5.34. The Morgan fingerprint density at radius 1 is 1.03 bits per heavy atom. The molecule has 29 heavy (non-hydrogen) atoms. The minimum Gasteiger partial charge on any atom is -0.370 e. The van der Waals surface area contributed by atoms with Gasteiger partial charge >= 0.3 is 6.18 Å². The summed E-state index contributed by atoms with van der Waals surface area (Å²) >= 11 is 0. The van der Waals surface area contributed by atoms with E-state index in [1.807, 2.05) is 0 Å². The van der Waals surface area contributed by atoms with Gasteiger partial charge in [0.1, 0.15) is 13.1 Å². The van der Waals surface area contributed by atoms with Crippen molar-refractivity contribution >= 4 is 0 Å². The van der Waals surface area contributed by atoms with Crippen LogP contribution in [0.4, 0.5) is 13.2 Å². The molecule has 1 aromatic carbocycles. The number of rotatable bonds is 5. The molecule has 2 fully saturated rings. The zero-order chi connectivity index (χ0) is 20.3. The van der Waals surface area contributed by atoms with E-state index in [0.717, 1.165) is 51.5 Å². The molecule has 2 aliphatic heterocycles. The van der Waals surface area contributed by atoms with Crippen molar-refractivity contribution in [3.05, 3.63) is 35.7 Å². The molecule has 2 saturated heterocycles. The summed E-state index contributed by atoms with van der Waals surface area (Å²) in [6.45, 7) is 7.89. The highest BCUT2D eigenvalue weighted by atomic mass is 19.4. The molecule has 2 atom stereocenters. The summed E-state index contributed by atoms with van der Waals surface area (Å²) in [5.74, 6) is 1.55. The van der Waals surface area contributed by atoms with Crippen LogP contribution in [0.15, 0.2) is 28.8 Å². The largest absolute Gasteiger partial charge is 0.416 e. The summed E-state index contributed by atoms with van der Waals surface area (Å²) in [6.07, 6.45) is -1.91. The number of alkyl halides is 3. The van der Waals surface area contributed by atoms with E-state index in [-0.39, 0.29) is 0 Å². The lowest BCUT2D eigenvalue weighted by Gasteiger charge is -2.32. The average Bonchev–Trinajstić information content (AvgIpc) is 3.17. The topological polar surface area (TPSA) is 57.0 Å². The highest BCUT2D eigenvalue weighted by Gasteiger charge is 2.31. The number of aromatic nitrogens is 2. The van der Waals surface area contributed by atoms with Crippen molar-refractivity contribution in [2.45, 2.75) is 25.6 Å². The second-order valence-electron chi connectivity index (χ2n) is 8.04. The molecule has 0 bridgehead atoms. The van der Waals surface area contributed by atoms with E-state index < -0.39 is 11.7 Å². The van der Waals surface area contributed by atoms with Crippen LogP contribution in [0.3, 0.4) is 0 Å². The predicted octanol–water partition coefficient (Wildman–Crippen LogP) is 0.465. The Kier molecular flexibility index (Phi) is 6.17. The number of nitrogens with one attached hydrogen (secondary N) is 2. The highest BCUT2D eigenvalue weighted by Crippen LogP contribution is 2.30. The summed E-state index contributed by atoms with van der Waals surface area (Å²) in [4.78, 5) is 7.46. The lowest BCUT2D eigenvalue weighted by molar-refractivity contribution is -0.941. The molecule has 2 N–H and O–H groups in total. The lowest BCUT2D eigenvalue weighted by atomic mass is 9.97. The zero-order valence-corrected chi connectivity index (χ0v) is 16.3. The molecule has 1 aromatic heterocycles. The minimum absolute atomic E-state index is 0.333. The standard InChI is InChI=1S/C20H25F3N4O2/c21-20(22,23)17-5-3-16(4-6-17)19-24-18(29-25-19)14-27-7-1-2-15(13-27)12-26-8-10-28-11-9-26/h3-6,15H,1-2,7-14H2/p+2/t15-/m0/s1. The quantitative estimate of drug-likeness (QED) is 0.750. The van der Waals surface area contributed by atoms with E-state index >= 15 is 0 Å². The van der Waals surface area contributed by atoms with Crippen LogP contribution < -0.4 is 9.80 Å². The zero-order valence-electron chi connectivity index (χ0n) is 16.3. The van der Waals surface area contributed by atoms with Gasteiger partial charge in [-0.05, 0) is 25.0 Å². The van der Waals surface area contributed by atoms with Crippen molar-refractivity contribution in [3.8, 4) is 11.4 Å². The van der Waals surface area contributed by atoms with Crippen molar-refractivity contribution in [2.24, 2.45) is 5.92 Å². The summed E-state index contributed by atoms with van der Waals surface area (Å²) in [5.41, 5.74) is -0.161. The summed E-state index contributed by atoms with van der Waals surface area (Å²) in [5, 5.41) is 3.96. The van der Waals surface area contributed by atoms with E-state index in [1.165, 1.54) is 36.4 Å². The van der Waals surface area contributed by atoms with E-state index in [9.17, 15) is 13.2 Å². The van der Waals surface area contributed by atoms with Crippen molar-refractivity contribution in [3.63, 3.8) is 0 Å². The predicted molar refractivity (Wildman–Crippen MR) is 98.2 cm³/mol. The Bertz CT molecular complexity index is 788. The third-order valence-corrected chi connectivity index (χ3v) is 5.84. The van der Waals surface area contributed by atoms with Crippen LogP contribution in [-0.2, 0) is 17.5 Å². The van der Waals surface area contributed by atoms with E-state index in [4.69, 9.17) is 9.26 Å². The molecule has 3 heterocycles. The van der Waals surface area contributed by atoms with Crippen LogP contribution in [0.1, 0.15) is 24.3 Å². The fraction of sp³-hybridized carbons (Fsp3) is 0.600. The number of hydrogen-bond acceptors (Lipinski definition) is 4. The monoisotopic (exact) mass is 412 g/mol. The van der Waals surface area contributed by atoms with Crippen LogP contribution in [0.5, 0.6) is 0 Å². The van der Waals surface area contributed by atoms with Gasteiger partial charge in [-0.3, -0.25) is 0 Å². The molecule has 0 radical (unpaired) electrons. The van der Waals surface area contributed by atoms with E-state index in [1.54, 1.807) is 4.90 Å². The first-order valence-electron chi connectivity index (χ1n) is 10.2. The SMILES string of the molecule is FC(F)(F)c1ccc(-c2noc(C[NH+]3CCC[C@@H](C[NH+]4CCOCC4)C3)n2)cc1. The second-order valence-corrected chi connectivity index (χ2v) is 8.04. The Hall–Kier alpha value is -1.97. The molecule has 2 aromatic rings. The van der Waals surface area contributed by atoms with Crippen molar-refractivity contribution in [2.75, 3.05) is 45.9 Å². The molecule has 0 aliphatic carbocycles. The number of halogens is 3. The molecule has 1 unspecified atom stereocenters. The number of morpholine rings is 1. The van der Waals surface area contributed by atoms with Crippen LogP contribution in [0.2, 0.25) is 0 Å². The molecule has 4 rings (SSSR count). The Morgan fingerprint density at radius 3 is 2.52 bits per heavy atom. The van der Waals surface area contributed by atoms with Crippen molar-refractivity contribution in [1.82, 2.24) is 10.1 Å². The number of benzene rings is 1. The molecular weight excluding hydrogens is 385 g/mol. The molecule has 2 aliphatic rings. The van der Waals surface area contributed by atoms with Crippen molar-refractivity contribution in [1.29, 1.82) is 0 Å².